The monoisotopic (exact) mass is 236 g/mol. The number of nitrogens with zero attached hydrogens (tertiary/aromatic N) is 4. The van der Waals surface area contributed by atoms with Crippen LogP contribution in [-0.2, 0) is 6.18 Å². The minimum Gasteiger partial charge on any atom is -0.187 e. The van der Waals surface area contributed by atoms with Crippen molar-refractivity contribution in [1.82, 2.24) is 19.8 Å². The third kappa shape index (κ3) is 1.69. The largest absolute Gasteiger partial charge is 0.445 e. The predicted octanol–water partition coefficient (Wildman–Crippen LogP) is 2.33. The summed E-state index contributed by atoms with van der Waals surface area (Å²) in [6.07, 6.45) is -4.42. The van der Waals surface area contributed by atoms with Gasteiger partial charge in [0.05, 0.1) is 0 Å². The maximum atomic E-state index is 12.3. The fourth-order valence-corrected chi connectivity index (χ4v) is 1.82. The topological polar surface area (TPSA) is 43.1 Å². The van der Waals surface area contributed by atoms with E-state index in [0.717, 1.165) is 4.52 Å². The summed E-state index contributed by atoms with van der Waals surface area (Å²) in [5, 5.41) is 9.97. The first-order chi connectivity index (χ1) is 6.89. The van der Waals surface area contributed by atoms with Gasteiger partial charge in [-0.05, 0) is 0 Å². The van der Waals surface area contributed by atoms with Crippen LogP contribution in [0.1, 0.15) is 30.6 Å². The molecule has 82 valence electrons. The van der Waals surface area contributed by atoms with Gasteiger partial charge in [-0.2, -0.15) is 17.7 Å². The van der Waals surface area contributed by atoms with E-state index in [1.54, 1.807) is 0 Å². The molecule has 0 aliphatic heterocycles. The number of rotatable bonds is 1. The van der Waals surface area contributed by atoms with Crippen molar-refractivity contribution in [1.29, 1.82) is 0 Å². The van der Waals surface area contributed by atoms with Crippen molar-refractivity contribution in [3.8, 4) is 0 Å². The van der Waals surface area contributed by atoms with Gasteiger partial charge >= 0.3 is 6.18 Å². The minimum atomic E-state index is -4.42. The Hall–Kier alpha value is -1.18. The molecule has 4 nitrogen and oxygen atoms in total. The van der Waals surface area contributed by atoms with Crippen LogP contribution in [-0.4, -0.2) is 19.8 Å². The lowest BCUT2D eigenvalue weighted by Gasteiger charge is -2.00. The zero-order valence-electron chi connectivity index (χ0n) is 7.91. The molecular formula is C7H7F3N4S. The lowest BCUT2D eigenvalue weighted by atomic mass is 10.2. The normalized spacial score (nSPS) is 12.9. The van der Waals surface area contributed by atoms with Crippen molar-refractivity contribution >= 4 is 16.3 Å². The van der Waals surface area contributed by atoms with Crippen LogP contribution in [0, 0.1) is 0 Å². The van der Waals surface area contributed by atoms with E-state index in [9.17, 15) is 13.2 Å². The smallest absolute Gasteiger partial charge is 0.187 e. The molecule has 2 rings (SSSR count). The number of alkyl halides is 3. The highest BCUT2D eigenvalue weighted by Gasteiger charge is 2.36. The quantitative estimate of drug-likeness (QED) is 0.763. The first-order valence-corrected chi connectivity index (χ1v) is 5.00. The van der Waals surface area contributed by atoms with E-state index in [-0.39, 0.29) is 10.9 Å². The highest BCUT2D eigenvalue weighted by molar-refractivity contribution is 7.16. The lowest BCUT2D eigenvalue weighted by Crippen LogP contribution is -2.06. The molecule has 2 heterocycles. The molecule has 2 aromatic rings. The highest BCUT2D eigenvalue weighted by atomic mass is 32.1. The molecule has 0 aliphatic carbocycles. The molecular weight excluding hydrogens is 229 g/mol. The second-order valence-electron chi connectivity index (χ2n) is 3.31. The van der Waals surface area contributed by atoms with Gasteiger partial charge in [0, 0.05) is 5.92 Å². The number of halogens is 3. The number of hydrogen-bond donors (Lipinski definition) is 0. The molecule has 0 saturated carbocycles. The molecule has 15 heavy (non-hydrogen) atoms. The number of aromatic nitrogens is 4. The second kappa shape index (κ2) is 3.16. The Morgan fingerprint density at radius 1 is 1.27 bits per heavy atom. The molecule has 0 N–H and O–H groups in total. The molecule has 0 aromatic carbocycles. The summed E-state index contributed by atoms with van der Waals surface area (Å²) in [4.78, 5) is 0.172. The van der Waals surface area contributed by atoms with E-state index in [1.165, 1.54) is 0 Å². The van der Waals surface area contributed by atoms with Crippen LogP contribution in [0.2, 0.25) is 0 Å². The van der Waals surface area contributed by atoms with Gasteiger partial charge < -0.3 is 0 Å². The summed E-state index contributed by atoms with van der Waals surface area (Å²) in [5.74, 6) is 0.430. The van der Waals surface area contributed by atoms with E-state index < -0.39 is 11.2 Å². The molecule has 0 atom stereocenters. The van der Waals surface area contributed by atoms with Crippen LogP contribution in [0.5, 0.6) is 0 Å². The van der Waals surface area contributed by atoms with Gasteiger partial charge in [0.2, 0.25) is 9.97 Å². The standard InChI is InChI=1S/C7H7F3N4S/c1-3(2)4-11-12-6-14(4)13-5(15-6)7(8,9)10/h3H,1-2H3. The van der Waals surface area contributed by atoms with Gasteiger partial charge in [0.1, 0.15) is 0 Å². The predicted molar refractivity (Wildman–Crippen MR) is 47.8 cm³/mol. The summed E-state index contributed by atoms with van der Waals surface area (Å²) in [6.45, 7) is 3.64. The van der Waals surface area contributed by atoms with Crippen molar-refractivity contribution in [2.24, 2.45) is 0 Å². The number of hydrogen-bond acceptors (Lipinski definition) is 4. The van der Waals surface area contributed by atoms with Crippen LogP contribution >= 0.6 is 11.3 Å². The van der Waals surface area contributed by atoms with E-state index in [2.05, 4.69) is 15.3 Å². The molecule has 0 spiro atoms. The van der Waals surface area contributed by atoms with Crippen LogP contribution in [0.15, 0.2) is 0 Å². The maximum absolute atomic E-state index is 12.3. The Bertz CT molecular complexity index is 484. The van der Waals surface area contributed by atoms with E-state index in [0.29, 0.717) is 17.2 Å². The van der Waals surface area contributed by atoms with Crippen LogP contribution in [0.3, 0.4) is 0 Å². The van der Waals surface area contributed by atoms with Crippen LogP contribution in [0.25, 0.3) is 4.96 Å². The molecule has 0 unspecified atom stereocenters. The fraction of sp³-hybridized carbons (Fsp3) is 0.571. The van der Waals surface area contributed by atoms with Crippen molar-refractivity contribution in [2.45, 2.75) is 25.9 Å². The Balaban J connectivity index is 2.57. The van der Waals surface area contributed by atoms with E-state index >= 15 is 0 Å². The molecule has 0 radical (unpaired) electrons. The lowest BCUT2D eigenvalue weighted by molar-refractivity contribution is -0.138. The van der Waals surface area contributed by atoms with Crippen LogP contribution < -0.4 is 0 Å². The fourth-order valence-electron chi connectivity index (χ4n) is 1.11. The summed E-state index contributed by atoms with van der Waals surface area (Å²) in [5.41, 5.74) is 0. The maximum Gasteiger partial charge on any atom is 0.445 e. The Morgan fingerprint density at radius 2 is 1.93 bits per heavy atom. The summed E-state index contributed by atoms with van der Waals surface area (Å²) >= 11 is 0.496. The van der Waals surface area contributed by atoms with Crippen molar-refractivity contribution < 1.29 is 13.2 Å². The third-order valence-electron chi connectivity index (χ3n) is 1.77. The molecule has 8 heteroatoms. The van der Waals surface area contributed by atoms with E-state index in [1.807, 2.05) is 13.8 Å². The van der Waals surface area contributed by atoms with Gasteiger partial charge in [-0.15, -0.1) is 15.3 Å². The zero-order valence-corrected chi connectivity index (χ0v) is 8.72. The summed E-state index contributed by atoms with van der Waals surface area (Å²) in [7, 11) is 0. The first-order valence-electron chi connectivity index (χ1n) is 4.19. The van der Waals surface area contributed by atoms with Gasteiger partial charge in [-0.3, -0.25) is 0 Å². The van der Waals surface area contributed by atoms with Crippen LogP contribution in [0.4, 0.5) is 13.2 Å². The van der Waals surface area contributed by atoms with Crippen molar-refractivity contribution in [3.05, 3.63) is 10.8 Å². The van der Waals surface area contributed by atoms with Crippen molar-refractivity contribution in [3.63, 3.8) is 0 Å². The van der Waals surface area contributed by atoms with Gasteiger partial charge in [-0.1, -0.05) is 25.2 Å². The summed E-state index contributed by atoms with van der Waals surface area (Å²) in [6, 6.07) is 0. The average molecular weight is 236 g/mol. The SMILES string of the molecule is CC(C)c1nnc2sc(C(F)(F)F)nn12. The average Bonchev–Trinajstić information content (AvgIpc) is 2.56. The first kappa shape index (κ1) is 10.3. The second-order valence-corrected chi connectivity index (χ2v) is 4.27. The molecule has 0 amide bonds. The van der Waals surface area contributed by atoms with Gasteiger partial charge in [0.15, 0.2) is 5.82 Å². The number of fused-ring (bicyclic) bond motifs is 1. The third-order valence-corrected chi connectivity index (χ3v) is 2.72. The van der Waals surface area contributed by atoms with Crippen molar-refractivity contribution in [2.75, 3.05) is 0 Å². The highest BCUT2D eigenvalue weighted by Crippen LogP contribution is 2.32. The Kier molecular flexibility index (Phi) is 2.18. The van der Waals surface area contributed by atoms with Gasteiger partial charge in [0.25, 0.3) is 0 Å². The molecule has 0 aliphatic rings. The van der Waals surface area contributed by atoms with Gasteiger partial charge in [-0.25, -0.2) is 0 Å². The zero-order chi connectivity index (χ0) is 11.2. The molecule has 0 bridgehead atoms. The molecule has 2 aromatic heterocycles. The summed E-state index contributed by atoms with van der Waals surface area (Å²) < 4.78 is 38.1. The minimum absolute atomic E-state index is 0.0109. The van der Waals surface area contributed by atoms with E-state index in [4.69, 9.17) is 0 Å². The molecule has 0 saturated heterocycles. The Morgan fingerprint density at radius 3 is 2.47 bits per heavy atom. The Labute approximate surface area is 86.7 Å². The molecule has 0 fully saturated rings.